The summed E-state index contributed by atoms with van der Waals surface area (Å²) >= 11 is 0. The molecule has 29 heavy (non-hydrogen) atoms. The lowest BCUT2D eigenvalue weighted by molar-refractivity contribution is 0.755. The summed E-state index contributed by atoms with van der Waals surface area (Å²) in [6, 6.07) is 21.5. The third-order valence-corrected chi connectivity index (χ3v) is 4.41. The molecular weight excluding hydrogens is 407 g/mol. The summed E-state index contributed by atoms with van der Waals surface area (Å²) in [6.07, 6.45) is 1.76. The minimum atomic E-state index is -0.167. The van der Waals surface area contributed by atoms with Crippen LogP contribution in [-0.4, -0.2) is 24.5 Å². The maximum absolute atomic E-state index is 12.8. The molecule has 0 amide bonds. The molecule has 2 N–H and O–H groups in total. The summed E-state index contributed by atoms with van der Waals surface area (Å²) in [7, 11) is 3.99. The minimum absolute atomic E-state index is 0. The van der Waals surface area contributed by atoms with Crippen molar-refractivity contribution in [3.05, 3.63) is 100.0 Å². The van der Waals surface area contributed by atoms with Crippen LogP contribution in [0.5, 0.6) is 0 Å². The van der Waals surface area contributed by atoms with Crippen LogP contribution in [0.3, 0.4) is 0 Å². The molecule has 0 spiro atoms. The Kier molecular flexibility index (Phi) is 9.45. The Hall–Kier alpha value is -2.76. The molecule has 3 aromatic rings. The molecule has 0 radical (unpaired) electrons. The molecule has 3 rings (SSSR count). The molecule has 0 fully saturated rings. The normalized spacial score (nSPS) is 9.72. The smallest absolute Gasteiger partial charge is 0.261 e. The van der Waals surface area contributed by atoms with Crippen LogP contribution >= 0.6 is 24.8 Å². The van der Waals surface area contributed by atoms with Gasteiger partial charge in [-0.1, -0.05) is 42.5 Å². The average molecular weight is 433 g/mol. The monoisotopic (exact) mass is 432 g/mol. The van der Waals surface area contributed by atoms with Gasteiger partial charge in [-0.05, 0) is 35.4 Å². The van der Waals surface area contributed by atoms with Gasteiger partial charge in [0.15, 0.2) is 0 Å². The van der Waals surface area contributed by atoms with Crippen LogP contribution in [0.15, 0.2) is 77.7 Å². The van der Waals surface area contributed by atoms with E-state index in [0.717, 1.165) is 16.8 Å². The molecule has 1 heterocycles. The summed E-state index contributed by atoms with van der Waals surface area (Å²) in [5, 5.41) is 11.3. The Morgan fingerprint density at radius 2 is 1.59 bits per heavy atom. The highest BCUT2D eigenvalue weighted by Crippen LogP contribution is 2.12. The van der Waals surface area contributed by atoms with Crippen molar-refractivity contribution >= 4 is 36.3 Å². The zero-order valence-electron chi connectivity index (χ0n) is 16.5. The lowest BCUT2D eigenvalue weighted by atomic mass is 10.2. The maximum Gasteiger partial charge on any atom is 0.261 e. The predicted octanol–water partition coefficient (Wildman–Crippen LogP) is 3.92. The molecule has 0 aliphatic heterocycles. The quantitative estimate of drug-likeness (QED) is 0.458. The van der Waals surface area contributed by atoms with E-state index in [9.17, 15) is 4.79 Å². The molecule has 0 aliphatic carbocycles. The number of rotatable bonds is 6. The van der Waals surface area contributed by atoms with E-state index in [1.54, 1.807) is 16.8 Å². The fourth-order valence-electron chi connectivity index (χ4n) is 2.83. The Bertz CT molecular complexity index is 970. The number of aromatic nitrogens is 1. The van der Waals surface area contributed by atoms with Crippen LogP contribution in [0.25, 0.3) is 0 Å². The first-order valence-corrected chi connectivity index (χ1v) is 8.87. The molecule has 0 unspecified atom stereocenters. The van der Waals surface area contributed by atoms with Crippen LogP contribution < -0.4 is 15.8 Å². The van der Waals surface area contributed by atoms with Crippen LogP contribution in [0.2, 0.25) is 0 Å². The molecule has 154 valence electrons. The third-order valence-electron chi connectivity index (χ3n) is 4.41. The van der Waals surface area contributed by atoms with Crippen molar-refractivity contribution < 1.29 is 0 Å². The van der Waals surface area contributed by atoms with Gasteiger partial charge in [0.05, 0.1) is 12.1 Å². The van der Waals surface area contributed by atoms with Crippen molar-refractivity contribution in [2.75, 3.05) is 19.0 Å². The number of halogens is 2. The highest BCUT2D eigenvalue weighted by molar-refractivity contribution is 5.95. The van der Waals surface area contributed by atoms with Gasteiger partial charge in [-0.2, -0.15) is 0 Å². The van der Waals surface area contributed by atoms with E-state index >= 15 is 0 Å². The summed E-state index contributed by atoms with van der Waals surface area (Å²) < 4.78 is 1.64. The van der Waals surface area contributed by atoms with Gasteiger partial charge in [-0.15, -0.1) is 24.8 Å². The fourth-order valence-corrected chi connectivity index (χ4v) is 2.83. The number of anilines is 1. The zero-order chi connectivity index (χ0) is 19.2. The first-order valence-electron chi connectivity index (χ1n) is 8.87. The Morgan fingerprint density at radius 1 is 0.931 bits per heavy atom. The van der Waals surface area contributed by atoms with E-state index in [2.05, 4.69) is 5.32 Å². The average Bonchev–Trinajstić information content (AvgIpc) is 2.69. The molecule has 1 aromatic heterocycles. The lowest BCUT2D eigenvalue weighted by Gasteiger charge is -2.14. The summed E-state index contributed by atoms with van der Waals surface area (Å²) in [5.41, 5.74) is 3.44. The molecular formula is C22H26Cl2N4O. The second kappa shape index (κ2) is 11.3. The standard InChI is InChI=1S/C22H24N4O.2ClH/c1-25(2)19-12-10-18(11-13-19)16-26-14-6-9-20(22(26)27)21(23)24-15-17-7-4-3-5-8-17;;/h3-14H,15-16H2,1-2H3,(H2,23,24);2*1H. The first kappa shape index (κ1) is 24.3. The van der Waals surface area contributed by atoms with Crippen molar-refractivity contribution in [3.63, 3.8) is 0 Å². The zero-order valence-corrected chi connectivity index (χ0v) is 18.1. The van der Waals surface area contributed by atoms with Gasteiger partial charge in [0.1, 0.15) is 5.84 Å². The maximum atomic E-state index is 12.8. The molecule has 0 saturated carbocycles. The largest absolute Gasteiger partial charge is 0.378 e. The van der Waals surface area contributed by atoms with Gasteiger partial charge in [-0.3, -0.25) is 10.2 Å². The number of nitrogens with zero attached hydrogens (tertiary/aromatic N) is 2. The number of benzene rings is 2. The number of nitrogens with one attached hydrogen (secondary N) is 2. The Balaban J connectivity index is 0.00000210. The van der Waals surface area contributed by atoms with Gasteiger partial charge in [0.25, 0.3) is 5.56 Å². The number of pyridine rings is 1. The molecule has 0 bridgehead atoms. The number of amidine groups is 1. The number of hydrogen-bond donors (Lipinski definition) is 2. The van der Waals surface area contributed by atoms with Crippen LogP contribution in [-0.2, 0) is 13.1 Å². The minimum Gasteiger partial charge on any atom is -0.378 e. The molecule has 7 heteroatoms. The molecule has 0 aliphatic rings. The first-order chi connectivity index (χ1) is 13.0. The SMILES string of the molecule is CN(C)c1ccc(Cn2cccc(C(=N)NCc3ccccc3)c2=O)cc1.Cl.Cl. The highest BCUT2D eigenvalue weighted by atomic mass is 35.5. The molecule has 0 atom stereocenters. The highest BCUT2D eigenvalue weighted by Gasteiger charge is 2.09. The van der Waals surface area contributed by atoms with Crippen LogP contribution in [0.1, 0.15) is 16.7 Å². The third kappa shape index (κ3) is 6.38. The van der Waals surface area contributed by atoms with Crippen LogP contribution in [0.4, 0.5) is 5.69 Å². The van der Waals surface area contributed by atoms with Crippen LogP contribution in [0, 0.1) is 5.41 Å². The number of hydrogen-bond acceptors (Lipinski definition) is 3. The van der Waals surface area contributed by atoms with Gasteiger partial charge >= 0.3 is 0 Å². The van der Waals surface area contributed by atoms with E-state index in [1.807, 2.05) is 79.7 Å². The van der Waals surface area contributed by atoms with Gasteiger partial charge < -0.3 is 14.8 Å². The van der Waals surface area contributed by atoms with Gasteiger partial charge in [0.2, 0.25) is 0 Å². The summed E-state index contributed by atoms with van der Waals surface area (Å²) in [5.74, 6) is 0.140. The topological polar surface area (TPSA) is 61.1 Å². The van der Waals surface area contributed by atoms with Crippen molar-refractivity contribution in [2.24, 2.45) is 0 Å². The summed E-state index contributed by atoms with van der Waals surface area (Å²) in [6.45, 7) is 0.992. The molecule has 5 nitrogen and oxygen atoms in total. The summed E-state index contributed by atoms with van der Waals surface area (Å²) in [4.78, 5) is 14.8. The Morgan fingerprint density at radius 3 is 2.21 bits per heavy atom. The van der Waals surface area contributed by atoms with Crippen molar-refractivity contribution in [3.8, 4) is 0 Å². The van der Waals surface area contributed by atoms with Gasteiger partial charge in [-0.25, -0.2) is 0 Å². The van der Waals surface area contributed by atoms with E-state index in [4.69, 9.17) is 5.41 Å². The molecule has 0 saturated heterocycles. The van der Waals surface area contributed by atoms with Gasteiger partial charge in [0, 0.05) is 32.5 Å². The van der Waals surface area contributed by atoms with Crippen molar-refractivity contribution in [1.82, 2.24) is 9.88 Å². The lowest BCUT2D eigenvalue weighted by Crippen LogP contribution is -2.32. The molecule has 2 aromatic carbocycles. The van der Waals surface area contributed by atoms with E-state index in [-0.39, 0.29) is 36.2 Å². The van der Waals surface area contributed by atoms with E-state index in [0.29, 0.717) is 18.7 Å². The second-order valence-electron chi connectivity index (χ2n) is 6.63. The second-order valence-corrected chi connectivity index (χ2v) is 6.63. The van der Waals surface area contributed by atoms with E-state index in [1.165, 1.54) is 0 Å². The predicted molar refractivity (Wildman–Crippen MR) is 125 cm³/mol. The fraction of sp³-hybridized carbons (Fsp3) is 0.182. The Labute approximate surface area is 183 Å². The van der Waals surface area contributed by atoms with Crippen molar-refractivity contribution in [2.45, 2.75) is 13.1 Å². The van der Waals surface area contributed by atoms with Crippen molar-refractivity contribution in [1.29, 1.82) is 5.41 Å². The van der Waals surface area contributed by atoms with E-state index < -0.39 is 0 Å².